The van der Waals surface area contributed by atoms with E-state index in [-0.39, 0.29) is 18.1 Å². The van der Waals surface area contributed by atoms with Gasteiger partial charge in [0.2, 0.25) is 6.79 Å². The van der Waals surface area contributed by atoms with E-state index in [1.165, 1.54) is 6.92 Å². The lowest BCUT2D eigenvalue weighted by Gasteiger charge is -2.25. The number of hydrogen-bond acceptors (Lipinski definition) is 8. The number of imidazole rings is 1. The summed E-state index contributed by atoms with van der Waals surface area (Å²) in [7, 11) is 1.66. The van der Waals surface area contributed by atoms with E-state index in [9.17, 15) is 9.59 Å². The molecule has 2 N–H and O–H groups in total. The van der Waals surface area contributed by atoms with Crippen LogP contribution in [-0.2, 0) is 31.0 Å². The highest BCUT2D eigenvalue weighted by Crippen LogP contribution is 2.35. The van der Waals surface area contributed by atoms with Gasteiger partial charge in [0.25, 0.3) is 5.91 Å². The van der Waals surface area contributed by atoms with Gasteiger partial charge in [0.15, 0.2) is 11.5 Å². The van der Waals surface area contributed by atoms with Gasteiger partial charge in [0.1, 0.15) is 17.3 Å². The highest BCUT2D eigenvalue weighted by atomic mass is 16.7. The molecule has 49 heavy (non-hydrogen) atoms. The predicted octanol–water partition coefficient (Wildman–Crippen LogP) is 6.98. The van der Waals surface area contributed by atoms with Crippen LogP contribution in [0.15, 0.2) is 91.0 Å². The third-order valence-corrected chi connectivity index (χ3v) is 8.39. The highest BCUT2D eigenvalue weighted by Gasteiger charge is 2.24. The summed E-state index contributed by atoms with van der Waals surface area (Å²) in [4.78, 5) is 31.7. The molecule has 0 aliphatic carbocycles. The summed E-state index contributed by atoms with van der Waals surface area (Å²) in [6, 6.07) is 29.4. The fourth-order valence-corrected chi connectivity index (χ4v) is 6.03. The van der Waals surface area contributed by atoms with Crippen molar-refractivity contribution in [3.63, 3.8) is 0 Å². The number of primary amides is 1. The van der Waals surface area contributed by atoms with Crippen LogP contribution in [0.25, 0.3) is 22.6 Å². The first kappa shape index (κ1) is 33.3. The van der Waals surface area contributed by atoms with Gasteiger partial charge in [-0.25, -0.2) is 4.98 Å². The average Bonchev–Trinajstić information content (AvgIpc) is 3.72. The third kappa shape index (κ3) is 7.76. The van der Waals surface area contributed by atoms with Gasteiger partial charge in [0.05, 0.1) is 24.1 Å². The van der Waals surface area contributed by atoms with Crippen molar-refractivity contribution in [2.24, 2.45) is 5.73 Å². The van der Waals surface area contributed by atoms with E-state index in [0.29, 0.717) is 25.4 Å². The van der Waals surface area contributed by atoms with Gasteiger partial charge in [-0.2, -0.15) is 0 Å². The lowest BCUT2D eigenvalue weighted by molar-refractivity contribution is -0.131. The second-order valence-electron chi connectivity index (χ2n) is 12.0. The van der Waals surface area contributed by atoms with Crippen molar-refractivity contribution in [2.75, 3.05) is 13.9 Å². The number of nitrogens with zero attached hydrogens (tertiary/aromatic N) is 3. The Morgan fingerprint density at radius 3 is 2.29 bits per heavy atom. The minimum Gasteiger partial charge on any atom is -0.497 e. The van der Waals surface area contributed by atoms with Crippen molar-refractivity contribution in [1.29, 1.82) is 0 Å². The Bertz CT molecular complexity index is 1940. The number of esters is 1. The molecule has 252 valence electrons. The van der Waals surface area contributed by atoms with Crippen LogP contribution in [0.4, 0.5) is 0 Å². The first-order valence-corrected chi connectivity index (χ1v) is 16.3. The van der Waals surface area contributed by atoms with Gasteiger partial charge in [-0.15, -0.1) is 0 Å². The number of rotatable bonds is 14. The topological polar surface area (TPSA) is 118 Å². The summed E-state index contributed by atoms with van der Waals surface area (Å²) in [6.07, 6.45) is 2.00. The molecule has 0 radical (unpaired) electrons. The molecule has 1 aromatic heterocycles. The van der Waals surface area contributed by atoms with E-state index in [0.717, 1.165) is 70.4 Å². The predicted molar refractivity (Wildman–Crippen MR) is 186 cm³/mol. The van der Waals surface area contributed by atoms with Crippen molar-refractivity contribution in [1.82, 2.24) is 14.5 Å². The maximum Gasteiger partial charge on any atom is 0.308 e. The van der Waals surface area contributed by atoms with E-state index in [4.69, 9.17) is 29.7 Å². The van der Waals surface area contributed by atoms with Gasteiger partial charge in [-0.3, -0.25) is 14.5 Å². The van der Waals surface area contributed by atoms with Gasteiger partial charge in [-0.05, 0) is 66.1 Å². The molecule has 0 bridgehead atoms. The first-order valence-electron chi connectivity index (χ1n) is 16.3. The Balaban J connectivity index is 1.46. The number of amides is 1. The largest absolute Gasteiger partial charge is 0.497 e. The summed E-state index contributed by atoms with van der Waals surface area (Å²) in [5.41, 5.74) is 11.6. The number of carbonyl (C=O) groups is 2. The number of unbranched alkanes of at least 4 members (excludes halogenated alkanes) is 1. The molecular formula is C39H40N4O6. The Morgan fingerprint density at radius 2 is 1.59 bits per heavy atom. The average molecular weight is 661 g/mol. The van der Waals surface area contributed by atoms with Crippen molar-refractivity contribution in [2.45, 2.75) is 52.9 Å². The standard InChI is InChI=1S/C39H40N4O6/c1-4-5-19-43-33(37(29-13-15-31(46-3)16-14-29)41-39(43)30-9-7-6-8-10-30)24-42(23-28-12-18-34-36(21-28)48-25-47-34)22-27-11-17-32(38(40)45)35(20-27)49-26(2)44/h6-18,20-21H,4-5,19,22-25H2,1-3H3,(H2,40,45). The third-order valence-electron chi connectivity index (χ3n) is 8.39. The van der Waals surface area contributed by atoms with E-state index in [2.05, 4.69) is 28.5 Å². The molecule has 0 saturated heterocycles. The molecule has 0 unspecified atom stereocenters. The second kappa shape index (κ2) is 15.1. The van der Waals surface area contributed by atoms with Crippen LogP contribution in [0.2, 0.25) is 0 Å². The Kier molecular flexibility index (Phi) is 10.2. The highest BCUT2D eigenvalue weighted by molar-refractivity contribution is 5.96. The number of benzene rings is 4. The minimum atomic E-state index is -0.669. The fraction of sp³-hybridized carbons (Fsp3) is 0.256. The lowest BCUT2D eigenvalue weighted by atomic mass is 10.1. The molecule has 0 saturated carbocycles. The van der Waals surface area contributed by atoms with Gasteiger partial charge >= 0.3 is 5.97 Å². The number of carbonyl (C=O) groups excluding carboxylic acids is 2. The van der Waals surface area contributed by atoms with Crippen LogP contribution in [0.5, 0.6) is 23.0 Å². The molecule has 1 aliphatic rings. The SMILES string of the molecule is CCCCn1c(-c2ccccc2)nc(-c2ccc(OC)cc2)c1CN(Cc1ccc2c(c1)OCO2)Cc1ccc(C(N)=O)c(OC(C)=O)c1. The second-order valence-corrected chi connectivity index (χ2v) is 12.0. The zero-order valence-electron chi connectivity index (χ0n) is 28.0. The van der Waals surface area contributed by atoms with Crippen molar-refractivity contribution < 1.29 is 28.5 Å². The molecule has 10 heteroatoms. The molecule has 1 amide bonds. The van der Waals surface area contributed by atoms with E-state index < -0.39 is 11.9 Å². The van der Waals surface area contributed by atoms with Crippen LogP contribution in [0, 0.1) is 0 Å². The van der Waals surface area contributed by atoms with Crippen LogP contribution in [0.3, 0.4) is 0 Å². The molecule has 5 aromatic rings. The molecule has 4 aromatic carbocycles. The molecular weight excluding hydrogens is 620 g/mol. The van der Waals surface area contributed by atoms with Gasteiger partial charge in [-0.1, -0.05) is 55.8 Å². The Morgan fingerprint density at radius 1 is 0.878 bits per heavy atom. The quantitative estimate of drug-likeness (QED) is 0.100. The van der Waals surface area contributed by atoms with Gasteiger partial charge < -0.3 is 29.2 Å². The number of hydrogen-bond donors (Lipinski definition) is 1. The maximum atomic E-state index is 12.1. The molecule has 0 fully saturated rings. The number of methoxy groups -OCH3 is 1. The zero-order chi connectivity index (χ0) is 34.3. The molecule has 6 rings (SSSR count). The zero-order valence-corrected chi connectivity index (χ0v) is 28.0. The summed E-state index contributed by atoms with van der Waals surface area (Å²) < 4.78 is 24.5. The Labute approximate surface area is 286 Å². The number of fused-ring (bicyclic) bond motifs is 1. The van der Waals surface area contributed by atoms with Crippen molar-refractivity contribution in [3.05, 3.63) is 113 Å². The van der Waals surface area contributed by atoms with Crippen LogP contribution in [0.1, 0.15) is 53.9 Å². The monoisotopic (exact) mass is 660 g/mol. The summed E-state index contributed by atoms with van der Waals surface area (Å²) in [5.74, 6) is 2.03. The number of nitrogens with two attached hydrogens (primary N) is 1. The first-order chi connectivity index (χ1) is 23.8. The minimum absolute atomic E-state index is 0.138. The molecule has 0 spiro atoms. The maximum absolute atomic E-state index is 12.1. The number of aromatic nitrogens is 2. The van der Waals surface area contributed by atoms with Crippen LogP contribution < -0.4 is 24.7 Å². The summed E-state index contributed by atoms with van der Waals surface area (Å²) in [6.45, 7) is 6.01. The van der Waals surface area contributed by atoms with Gasteiger partial charge in [0, 0.05) is 44.2 Å². The fourth-order valence-electron chi connectivity index (χ4n) is 6.03. The van der Waals surface area contributed by atoms with E-state index >= 15 is 0 Å². The summed E-state index contributed by atoms with van der Waals surface area (Å²) >= 11 is 0. The van der Waals surface area contributed by atoms with E-state index in [1.54, 1.807) is 19.2 Å². The molecule has 0 atom stereocenters. The van der Waals surface area contributed by atoms with Crippen molar-refractivity contribution >= 4 is 11.9 Å². The Hall–Kier alpha value is -5.61. The van der Waals surface area contributed by atoms with Crippen molar-refractivity contribution in [3.8, 4) is 45.6 Å². The normalized spacial score (nSPS) is 11.9. The molecule has 10 nitrogen and oxygen atoms in total. The van der Waals surface area contributed by atoms with E-state index in [1.807, 2.05) is 66.7 Å². The number of ether oxygens (including phenoxy) is 4. The summed E-state index contributed by atoms with van der Waals surface area (Å²) in [5, 5.41) is 0. The molecule has 2 heterocycles. The van der Waals surface area contributed by atoms with Crippen LogP contribution >= 0.6 is 0 Å². The smallest absolute Gasteiger partial charge is 0.308 e. The molecule has 1 aliphatic heterocycles. The lowest BCUT2D eigenvalue weighted by Crippen LogP contribution is -2.25. The van der Waals surface area contributed by atoms with Crippen LogP contribution in [-0.4, -0.2) is 40.2 Å².